The first kappa shape index (κ1) is 28.3. The molecule has 212 valence electrons. The molecular weight excluding hydrogens is 542 g/mol. The molecule has 2 aliphatic heterocycles. The first-order chi connectivity index (χ1) is 19.8. The fourth-order valence-corrected chi connectivity index (χ4v) is 5.66. The quantitative estimate of drug-likeness (QED) is 0.401. The van der Waals surface area contributed by atoms with Gasteiger partial charge in [0.15, 0.2) is 0 Å². The Bertz CT molecular complexity index is 1410. The number of halogens is 1. The number of para-hydroxylation sites is 1. The topological polar surface area (TPSA) is 116 Å². The molecule has 0 unspecified atom stereocenters. The third kappa shape index (κ3) is 5.96. The second kappa shape index (κ2) is 12.1. The summed E-state index contributed by atoms with van der Waals surface area (Å²) in [7, 11) is 0. The van der Waals surface area contributed by atoms with Crippen molar-refractivity contribution < 1.29 is 19.2 Å². The van der Waals surface area contributed by atoms with Crippen molar-refractivity contribution in [1.29, 1.82) is 0 Å². The molecule has 0 aliphatic carbocycles. The van der Waals surface area contributed by atoms with Crippen LogP contribution in [-0.2, 0) is 27.3 Å². The van der Waals surface area contributed by atoms with Gasteiger partial charge in [0.05, 0.1) is 6.04 Å². The number of nitrogens with one attached hydrogen (secondary N) is 1. The van der Waals surface area contributed by atoms with Gasteiger partial charge in [-0.05, 0) is 54.7 Å². The van der Waals surface area contributed by atoms with E-state index < -0.39 is 29.4 Å². The smallest absolute Gasteiger partial charge is 0.332 e. The minimum atomic E-state index is -1.20. The van der Waals surface area contributed by atoms with Crippen molar-refractivity contribution in [2.24, 2.45) is 5.73 Å². The van der Waals surface area contributed by atoms with Crippen LogP contribution in [0.1, 0.15) is 24.0 Å². The van der Waals surface area contributed by atoms with Gasteiger partial charge in [0.2, 0.25) is 11.8 Å². The highest BCUT2D eigenvalue weighted by Gasteiger charge is 2.59. The van der Waals surface area contributed by atoms with E-state index >= 15 is 0 Å². The van der Waals surface area contributed by atoms with Crippen LogP contribution in [0, 0.1) is 0 Å². The number of carbonyl (C=O) groups is 4. The summed E-state index contributed by atoms with van der Waals surface area (Å²) in [5.41, 5.74) is 7.45. The van der Waals surface area contributed by atoms with Crippen LogP contribution >= 0.6 is 11.6 Å². The number of amides is 5. The molecule has 1 atom stereocenters. The predicted octanol–water partition coefficient (Wildman–Crippen LogP) is 3.36. The molecule has 2 saturated heterocycles. The second-order valence-corrected chi connectivity index (χ2v) is 10.8. The minimum Gasteiger partial charge on any atom is -0.350 e. The SMILES string of the molecule is N[C@H](Cc1ccc(Cl)cc1)C(=O)N1CCC2(CC1)C(=O)N(CC(=O)NCc1ccccc1)C(=O)N2c1ccccc1. The van der Waals surface area contributed by atoms with Crippen LogP contribution in [0.4, 0.5) is 10.5 Å². The predicted molar refractivity (Wildman–Crippen MR) is 156 cm³/mol. The third-order valence-electron chi connectivity index (χ3n) is 7.73. The highest BCUT2D eigenvalue weighted by molar-refractivity contribution is 6.30. The molecule has 2 aliphatic rings. The third-order valence-corrected chi connectivity index (χ3v) is 7.98. The lowest BCUT2D eigenvalue weighted by Crippen LogP contribution is -2.59. The van der Waals surface area contributed by atoms with Gasteiger partial charge in [-0.1, -0.05) is 72.3 Å². The van der Waals surface area contributed by atoms with E-state index in [1.54, 1.807) is 41.3 Å². The van der Waals surface area contributed by atoms with Gasteiger partial charge in [-0.25, -0.2) is 4.79 Å². The van der Waals surface area contributed by atoms with Crippen molar-refractivity contribution in [2.45, 2.75) is 37.4 Å². The van der Waals surface area contributed by atoms with Crippen LogP contribution in [-0.4, -0.2) is 64.8 Å². The Morgan fingerprint density at radius 3 is 2.12 bits per heavy atom. The van der Waals surface area contributed by atoms with Gasteiger partial charge >= 0.3 is 6.03 Å². The van der Waals surface area contributed by atoms with E-state index in [-0.39, 0.29) is 44.9 Å². The summed E-state index contributed by atoms with van der Waals surface area (Å²) in [6, 6.07) is 24.3. The van der Waals surface area contributed by atoms with E-state index in [2.05, 4.69) is 5.32 Å². The van der Waals surface area contributed by atoms with Crippen LogP contribution in [0.3, 0.4) is 0 Å². The number of urea groups is 1. The normalized spacial score (nSPS) is 17.2. The summed E-state index contributed by atoms with van der Waals surface area (Å²) in [5.74, 6) is -1.07. The molecule has 2 heterocycles. The zero-order valence-corrected chi connectivity index (χ0v) is 23.3. The molecule has 41 heavy (non-hydrogen) atoms. The molecule has 5 rings (SSSR count). The van der Waals surface area contributed by atoms with E-state index in [1.807, 2.05) is 48.5 Å². The summed E-state index contributed by atoms with van der Waals surface area (Å²) in [5, 5.41) is 3.40. The van der Waals surface area contributed by atoms with Crippen molar-refractivity contribution in [3.63, 3.8) is 0 Å². The first-order valence-corrected chi connectivity index (χ1v) is 14.0. The van der Waals surface area contributed by atoms with Crippen molar-refractivity contribution >= 4 is 41.0 Å². The number of anilines is 1. The lowest BCUT2D eigenvalue weighted by Gasteiger charge is -2.42. The Labute approximate surface area is 243 Å². The number of nitrogens with two attached hydrogens (primary N) is 1. The van der Waals surface area contributed by atoms with Crippen LogP contribution < -0.4 is 16.0 Å². The maximum absolute atomic E-state index is 13.9. The molecule has 9 nitrogen and oxygen atoms in total. The monoisotopic (exact) mass is 573 g/mol. The van der Waals surface area contributed by atoms with E-state index in [9.17, 15) is 19.2 Å². The van der Waals surface area contributed by atoms with Gasteiger partial charge in [0, 0.05) is 30.3 Å². The number of piperidine rings is 1. The van der Waals surface area contributed by atoms with E-state index in [1.165, 1.54) is 4.90 Å². The fraction of sp³-hybridized carbons (Fsp3) is 0.290. The van der Waals surface area contributed by atoms with Crippen molar-refractivity contribution in [1.82, 2.24) is 15.1 Å². The highest BCUT2D eigenvalue weighted by Crippen LogP contribution is 2.40. The van der Waals surface area contributed by atoms with Crippen molar-refractivity contribution in [2.75, 3.05) is 24.5 Å². The number of hydrogen-bond acceptors (Lipinski definition) is 5. The molecule has 10 heteroatoms. The fourth-order valence-electron chi connectivity index (χ4n) is 5.54. The summed E-state index contributed by atoms with van der Waals surface area (Å²) in [6.45, 7) is 0.411. The van der Waals surface area contributed by atoms with E-state index in [0.717, 1.165) is 16.0 Å². The lowest BCUT2D eigenvalue weighted by molar-refractivity contribution is -0.139. The largest absolute Gasteiger partial charge is 0.350 e. The Hall–Kier alpha value is -4.21. The number of nitrogens with zero attached hydrogens (tertiary/aromatic N) is 3. The average Bonchev–Trinajstić information content (AvgIpc) is 3.19. The van der Waals surface area contributed by atoms with Crippen LogP contribution in [0.2, 0.25) is 5.02 Å². The lowest BCUT2D eigenvalue weighted by atomic mass is 9.85. The Kier molecular flexibility index (Phi) is 8.37. The molecule has 2 fully saturated rings. The molecule has 0 radical (unpaired) electrons. The van der Waals surface area contributed by atoms with E-state index in [4.69, 9.17) is 17.3 Å². The number of likely N-dealkylation sites (tertiary alicyclic amines) is 1. The zero-order valence-electron chi connectivity index (χ0n) is 22.5. The number of imide groups is 1. The number of benzene rings is 3. The average molecular weight is 574 g/mol. The van der Waals surface area contributed by atoms with Gasteiger partial charge in [0.25, 0.3) is 5.91 Å². The number of rotatable bonds is 8. The number of carbonyl (C=O) groups excluding carboxylic acids is 4. The summed E-state index contributed by atoms with van der Waals surface area (Å²) < 4.78 is 0. The molecule has 0 bridgehead atoms. The summed E-state index contributed by atoms with van der Waals surface area (Å²) in [6.07, 6.45) is 0.819. The number of hydrogen-bond donors (Lipinski definition) is 2. The Balaban J connectivity index is 1.29. The molecular formula is C31H32ClN5O4. The molecule has 1 spiro atoms. The summed E-state index contributed by atoms with van der Waals surface area (Å²) in [4.78, 5) is 57.8. The van der Waals surface area contributed by atoms with Gasteiger partial charge in [-0.15, -0.1) is 0 Å². The standard InChI is InChI=1S/C31H32ClN5O4/c32-24-13-11-22(12-14-24)19-26(33)28(39)35-17-15-31(16-18-35)29(40)36(30(41)37(31)25-9-5-2-6-10-25)21-27(38)34-20-23-7-3-1-4-8-23/h1-14,26H,15-21,33H2,(H,34,38)/t26-/m1/s1. The van der Waals surface area contributed by atoms with Gasteiger partial charge < -0.3 is 16.0 Å². The van der Waals surface area contributed by atoms with Crippen LogP contribution in [0.25, 0.3) is 0 Å². The Morgan fingerprint density at radius 2 is 1.49 bits per heavy atom. The van der Waals surface area contributed by atoms with Crippen LogP contribution in [0.5, 0.6) is 0 Å². The maximum Gasteiger partial charge on any atom is 0.332 e. The van der Waals surface area contributed by atoms with Gasteiger partial charge in [0.1, 0.15) is 12.1 Å². The molecule has 3 aromatic carbocycles. The van der Waals surface area contributed by atoms with Crippen LogP contribution in [0.15, 0.2) is 84.9 Å². The van der Waals surface area contributed by atoms with Crippen molar-refractivity contribution in [3.8, 4) is 0 Å². The molecule has 0 saturated carbocycles. The highest BCUT2D eigenvalue weighted by atomic mass is 35.5. The van der Waals surface area contributed by atoms with Gasteiger partial charge in [-0.3, -0.25) is 24.2 Å². The second-order valence-electron chi connectivity index (χ2n) is 10.4. The molecule has 3 aromatic rings. The zero-order chi connectivity index (χ0) is 29.0. The van der Waals surface area contributed by atoms with E-state index in [0.29, 0.717) is 17.1 Å². The maximum atomic E-state index is 13.9. The summed E-state index contributed by atoms with van der Waals surface area (Å²) >= 11 is 5.96. The minimum absolute atomic E-state index is 0.213. The molecule has 3 N–H and O–H groups in total. The molecule has 5 amide bonds. The first-order valence-electron chi connectivity index (χ1n) is 13.6. The Morgan fingerprint density at radius 1 is 0.878 bits per heavy atom. The molecule has 0 aromatic heterocycles. The van der Waals surface area contributed by atoms with Crippen molar-refractivity contribution in [3.05, 3.63) is 101 Å². The van der Waals surface area contributed by atoms with Gasteiger partial charge in [-0.2, -0.15) is 0 Å².